The van der Waals surface area contributed by atoms with Crippen molar-refractivity contribution in [3.8, 4) is 11.1 Å². The van der Waals surface area contributed by atoms with Gasteiger partial charge in [-0.2, -0.15) is 0 Å². The molecule has 3 rings (SSSR count). The molecule has 0 saturated heterocycles. The number of aryl methyl sites for hydroxylation is 1. The molecule has 0 bridgehead atoms. The summed E-state index contributed by atoms with van der Waals surface area (Å²) in [6.45, 7) is 3.50. The molecule has 176 valence electrons. The molecule has 32 heavy (non-hydrogen) atoms. The van der Waals surface area contributed by atoms with Gasteiger partial charge in [-0.15, -0.1) is 0 Å². The SMILES string of the molecule is Cc1ccc(S(=O)(=O)NCCNCc2ccccc2-c2ccccc2)cc1.[Cl-].[Cl-].[Cl-].[Cl-].[Ru+4]. The smallest absolute Gasteiger partial charge is 1.00 e. The first-order valence-corrected chi connectivity index (χ1v) is 10.4. The van der Waals surface area contributed by atoms with Crippen LogP contribution in [0.25, 0.3) is 11.1 Å². The van der Waals surface area contributed by atoms with Gasteiger partial charge in [0.05, 0.1) is 4.90 Å². The summed E-state index contributed by atoms with van der Waals surface area (Å²) in [6, 6.07) is 25.3. The number of rotatable bonds is 8. The van der Waals surface area contributed by atoms with Gasteiger partial charge in [-0.3, -0.25) is 0 Å². The molecule has 3 aromatic carbocycles. The zero-order valence-corrected chi connectivity index (χ0v) is 22.8. The molecular weight excluding hydrogens is 599 g/mol. The molecular formula is C22H24Cl4N2O2RuS. The molecule has 0 atom stereocenters. The van der Waals surface area contributed by atoms with Gasteiger partial charge in [0.15, 0.2) is 0 Å². The molecule has 0 radical (unpaired) electrons. The molecule has 2 N–H and O–H groups in total. The van der Waals surface area contributed by atoms with Gasteiger partial charge in [-0.1, -0.05) is 72.3 Å². The Kier molecular flexibility index (Phi) is 19.9. The third-order valence-electron chi connectivity index (χ3n) is 4.34. The van der Waals surface area contributed by atoms with Gasteiger partial charge in [-0.05, 0) is 35.7 Å². The quantitative estimate of drug-likeness (QED) is 0.194. The van der Waals surface area contributed by atoms with Gasteiger partial charge < -0.3 is 54.9 Å². The molecule has 4 nitrogen and oxygen atoms in total. The van der Waals surface area contributed by atoms with Crippen molar-refractivity contribution in [2.75, 3.05) is 13.1 Å². The Labute approximate surface area is 228 Å². The standard InChI is InChI=1S/C22H24N2O2S.4ClH.Ru/c1-18-11-13-21(14-12-18)27(25,26)24-16-15-23-17-20-9-5-6-10-22(20)19-7-3-2-4-8-19;;;;;/h2-14,23-24H,15-17H2,1H3;4*1H;/q;;;;;+4/p-4. The van der Waals surface area contributed by atoms with Crippen LogP contribution >= 0.6 is 0 Å². The minimum absolute atomic E-state index is 0. The fourth-order valence-electron chi connectivity index (χ4n) is 2.87. The largest absolute Gasteiger partial charge is 4.00 e. The monoisotopic (exact) mass is 622 g/mol. The van der Waals surface area contributed by atoms with Crippen LogP contribution in [-0.2, 0) is 36.0 Å². The summed E-state index contributed by atoms with van der Waals surface area (Å²) in [4.78, 5) is 0.294. The van der Waals surface area contributed by atoms with E-state index in [4.69, 9.17) is 0 Å². The van der Waals surface area contributed by atoms with E-state index in [9.17, 15) is 8.42 Å². The number of hydrogen-bond acceptors (Lipinski definition) is 3. The van der Waals surface area contributed by atoms with Crippen LogP contribution in [0.15, 0.2) is 83.8 Å². The van der Waals surface area contributed by atoms with E-state index in [0.717, 1.165) is 5.56 Å². The molecule has 0 spiro atoms. The fourth-order valence-corrected chi connectivity index (χ4v) is 3.90. The van der Waals surface area contributed by atoms with Crippen molar-refractivity contribution in [1.29, 1.82) is 0 Å². The predicted octanol–water partition coefficient (Wildman–Crippen LogP) is -8.26. The summed E-state index contributed by atoms with van der Waals surface area (Å²) in [7, 11) is -3.46. The predicted molar refractivity (Wildman–Crippen MR) is 110 cm³/mol. The third-order valence-corrected chi connectivity index (χ3v) is 5.82. The van der Waals surface area contributed by atoms with Gasteiger partial charge in [0, 0.05) is 19.6 Å². The molecule has 0 unspecified atom stereocenters. The molecule has 0 aromatic heterocycles. The first-order chi connectivity index (χ1) is 13.1. The van der Waals surface area contributed by atoms with Crippen LogP contribution in [0.2, 0.25) is 0 Å². The maximum absolute atomic E-state index is 12.3. The van der Waals surface area contributed by atoms with Crippen molar-refractivity contribution in [3.63, 3.8) is 0 Å². The molecule has 0 heterocycles. The van der Waals surface area contributed by atoms with Crippen molar-refractivity contribution < 1.29 is 77.5 Å². The Morgan fingerprint density at radius 3 is 1.91 bits per heavy atom. The second-order valence-corrected chi connectivity index (χ2v) is 8.18. The zero-order valence-electron chi connectivity index (χ0n) is 17.2. The second kappa shape index (κ2) is 17.7. The van der Waals surface area contributed by atoms with Gasteiger partial charge in [0.1, 0.15) is 0 Å². The summed E-state index contributed by atoms with van der Waals surface area (Å²) in [5.74, 6) is 0. The van der Waals surface area contributed by atoms with Crippen LogP contribution in [-0.4, -0.2) is 21.5 Å². The maximum atomic E-state index is 12.3. The van der Waals surface area contributed by atoms with E-state index >= 15 is 0 Å². The Balaban J connectivity index is -0.00000168. The van der Waals surface area contributed by atoms with Crippen LogP contribution in [0, 0.1) is 6.92 Å². The summed E-state index contributed by atoms with van der Waals surface area (Å²) < 4.78 is 27.2. The van der Waals surface area contributed by atoms with Crippen LogP contribution in [0.1, 0.15) is 11.1 Å². The van der Waals surface area contributed by atoms with E-state index in [-0.39, 0.29) is 69.1 Å². The Hall–Kier alpha value is -0.687. The van der Waals surface area contributed by atoms with Crippen molar-refractivity contribution in [2.24, 2.45) is 0 Å². The van der Waals surface area contributed by atoms with Crippen molar-refractivity contribution >= 4 is 10.0 Å². The molecule has 0 aliphatic carbocycles. The van der Waals surface area contributed by atoms with Crippen LogP contribution in [0.4, 0.5) is 0 Å². The summed E-state index contributed by atoms with van der Waals surface area (Å²) in [6.07, 6.45) is 0. The number of sulfonamides is 1. The van der Waals surface area contributed by atoms with E-state index in [1.54, 1.807) is 24.3 Å². The first-order valence-electron chi connectivity index (χ1n) is 8.97. The Morgan fingerprint density at radius 1 is 0.719 bits per heavy atom. The molecule has 0 aliphatic rings. The molecule has 0 saturated carbocycles. The fraction of sp³-hybridized carbons (Fsp3) is 0.182. The average Bonchev–Trinajstić information content (AvgIpc) is 2.69. The average molecular weight is 623 g/mol. The Bertz CT molecular complexity index is 992. The normalized spacial score (nSPS) is 9.66. The molecule has 3 aromatic rings. The Morgan fingerprint density at radius 2 is 1.28 bits per heavy atom. The summed E-state index contributed by atoms with van der Waals surface area (Å²) >= 11 is 0. The van der Waals surface area contributed by atoms with Crippen molar-refractivity contribution in [2.45, 2.75) is 18.4 Å². The van der Waals surface area contributed by atoms with Crippen LogP contribution in [0.5, 0.6) is 0 Å². The van der Waals surface area contributed by atoms with Gasteiger partial charge in [0.25, 0.3) is 0 Å². The first kappa shape index (κ1) is 35.9. The van der Waals surface area contributed by atoms with Crippen LogP contribution in [0.3, 0.4) is 0 Å². The van der Waals surface area contributed by atoms with E-state index < -0.39 is 10.0 Å². The van der Waals surface area contributed by atoms with Crippen LogP contribution < -0.4 is 59.7 Å². The number of hydrogen-bond donors (Lipinski definition) is 2. The maximum Gasteiger partial charge on any atom is 4.00 e. The number of nitrogens with one attached hydrogen (secondary N) is 2. The second-order valence-electron chi connectivity index (χ2n) is 6.41. The zero-order chi connectivity index (χ0) is 19.1. The van der Waals surface area contributed by atoms with Gasteiger partial charge in [0.2, 0.25) is 10.0 Å². The van der Waals surface area contributed by atoms with E-state index in [0.29, 0.717) is 24.5 Å². The van der Waals surface area contributed by atoms with E-state index in [1.807, 2.05) is 37.3 Å². The minimum Gasteiger partial charge on any atom is -1.00 e. The molecule has 10 heteroatoms. The number of benzene rings is 3. The molecule has 0 fully saturated rings. The topological polar surface area (TPSA) is 58.2 Å². The minimum atomic E-state index is -3.46. The van der Waals surface area contributed by atoms with Crippen molar-refractivity contribution in [1.82, 2.24) is 10.0 Å². The molecule has 0 aliphatic heterocycles. The summed E-state index contributed by atoms with van der Waals surface area (Å²) in [5, 5.41) is 3.32. The van der Waals surface area contributed by atoms with Gasteiger partial charge in [-0.25, -0.2) is 13.1 Å². The molecule has 0 amide bonds. The van der Waals surface area contributed by atoms with E-state index in [1.165, 1.54) is 16.7 Å². The van der Waals surface area contributed by atoms with E-state index in [2.05, 4.69) is 34.3 Å². The summed E-state index contributed by atoms with van der Waals surface area (Å²) in [5.41, 5.74) is 4.58. The van der Waals surface area contributed by atoms with Gasteiger partial charge >= 0.3 is 19.5 Å². The third kappa shape index (κ3) is 10.5. The van der Waals surface area contributed by atoms with Crippen molar-refractivity contribution in [3.05, 3.63) is 90.0 Å². The number of halogens is 4.